The van der Waals surface area contributed by atoms with Gasteiger partial charge in [0.25, 0.3) is 5.91 Å². The molecular formula is C25H31N5O. The number of amides is 1. The van der Waals surface area contributed by atoms with Gasteiger partial charge in [0.1, 0.15) is 11.3 Å². The Morgan fingerprint density at radius 2 is 1.77 bits per heavy atom. The maximum atomic E-state index is 13.5. The molecule has 6 nitrogen and oxygen atoms in total. The molecule has 1 saturated heterocycles. The van der Waals surface area contributed by atoms with E-state index in [1.807, 2.05) is 17.9 Å². The van der Waals surface area contributed by atoms with Gasteiger partial charge in [0.05, 0.1) is 5.56 Å². The van der Waals surface area contributed by atoms with E-state index < -0.39 is 0 Å². The molecule has 2 aromatic heterocycles. The summed E-state index contributed by atoms with van der Waals surface area (Å²) >= 11 is 0. The van der Waals surface area contributed by atoms with Crippen molar-refractivity contribution >= 4 is 17.1 Å². The molecule has 0 atom stereocenters. The lowest BCUT2D eigenvalue weighted by atomic mass is 10.1. The van der Waals surface area contributed by atoms with Gasteiger partial charge in [-0.05, 0) is 43.9 Å². The van der Waals surface area contributed by atoms with Crippen LogP contribution < -0.4 is 0 Å². The molecule has 2 aliphatic rings. The zero-order valence-electron chi connectivity index (χ0n) is 18.6. The lowest BCUT2D eigenvalue weighted by Gasteiger charge is -2.35. The molecule has 3 aromatic rings. The van der Waals surface area contributed by atoms with Crippen molar-refractivity contribution in [3.63, 3.8) is 0 Å². The number of carbonyl (C=O) groups excluding carboxylic acids is 1. The van der Waals surface area contributed by atoms with Gasteiger partial charge in [-0.25, -0.2) is 9.97 Å². The van der Waals surface area contributed by atoms with Gasteiger partial charge >= 0.3 is 0 Å². The normalized spacial score (nSPS) is 17.5. The summed E-state index contributed by atoms with van der Waals surface area (Å²) < 4.78 is 2.24. The Labute approximate surface area is 183 Å². The van der Waals surface area contributed by atoms with E-state index in [1.165, 1.54) is 17.5 Å². The summed E-state index contributed by atoms with van der Waals surface area (Å²) in [7, 11) is 0. The molecule has 5 rings (SSSR count). The maximum absolute atomic E-state index is 13.5. The number of hydrogen-bond donors (Lipinski definition) is 0. The third kappa shape index (κ3) is 3.97. The zero-order valence-corrected chi connectivity index (χ0v) is 18.6. The van der Waals surface area contributed by atoms with Crippen LogP contribution >= 0.6 is 0 Å². The first-order valence-electron chi connectivity index (χ1n) is 11.5. The monoisotopic (exact) mass is 417 g/mol. The van der Waals surface area contributed by atoms with Crippen LogP contribution in [0.25, 0.3) is 11.2 Å². The van der Waals surface area contributed by atoms with E-state index in [9.17, 15) is 4.79 Å². The molecule has 0 radical (unpaired) electrons. The summed E-state index contributed by atoms with van der Waals surface area (Å²) in [4.78, 5) is 27.6. The van der Waals surface area contributed by atoms with E-state index in [0.29, 0.717) is 0 Å². The smallest absolute Gasteiger partial charge is 0.256 e. The number of hydrogen-bond acceptors (Lipinski definition) is 4. The molecule has 0 unspecified atom stereocenters. The average molecular weight is 418 g/mol. The highest BCUT2D eigenvalue weighted by Crippen LogP contribution is 2.25. The number of carbonyl (C=O) groups is 1. The quantitative estimate of drug-likeness (QED) is 0.652. The second-order valence-corrected chi connectivity index (χ2v) is 8.97. The Hall–Kier alpha value is -2.73. The molecule has 4 heterocycles. The minimum atomic E-state index is 0.0966. The van der Waals surface area contributed by atoms with Gasteiger partial charge in [0.2, 0.25) is 0 Å². The number of imidazole rings is 1. The molecule has 6 heteroatoms. The SMILES string of the molecule is Cc1cc(C(=O)N2CCN(Cc3ccccc3C)CC2)c2nc3n(c2n1)CCCCC3. The summed E-state index contributed by atoms with van der Waals surface area (Å²) in [6.45, 7) is 9.34. The topological polar surface area (TPSA) is 54.3 Å². The maximum Gasteiger partial charge on any atom is 0.256 e. The third-order valence-electron chi connectivity index (χ3n) is 6.74. The van der Waals surface area contributed by atoms with Gasteiger partial charge in [-0.15, -0.1) is 0 Å². The molecule has 0 bridgehead atoms. The molecule has 0 aliphatic carbocycles. The molecule has 2 aliphatic heterocycles. The van der Waals surface area contributed by atoms with Crippen molar-refractivity contribution in [3.8, 4) is 0 Å². The van der Waals surface area contributed by atoms with Crippen LogP contribution in [0.15, 0.2) is 30.3 Å². The van der Waals surface area contributed by atoms with E-state index in [2.05, 4.69) is 40.7 Å². The number of aryl methyl sites for hydroxylation is 4. The first-order chi connectivity index (χ1) is 15.1. The van der Waals surface area contributed by atoms with Gasteiger partial charge in [-0.3, -0.25) is 9.69 Å². The fourth-order valence-corrected chi connectivity index (χ4v) is 4.89. The number of piperazine rings is 1. The van der Waals surface area contributed by atoms with Crippen LogP contribution in [0, 0.1) is 13.8 Å². The van der Waals surface area contributed by atoms with Gasteiger partial charge in [-0.1, -0.05) is 30.7 Å². The Bertz CT molecular complexity index is 1110. The van der Waals surface area contributed by atoms with E-state index in [0.717, 1.165) is 86.8 Å². The number of rotatable bonds is 3. The molecule has 162 valence electrons. The first kappa shape index (κ1) is 20.2. The highest BCUT2D eigenvalue weighted by atomic mass is 16.2. The van der Waals surface area contributed by atoms with Crippen LogP contribution in [0.3, 0.4) is 0 Å². The highest BCUT2D eigenvalue weighted by molar-refractivity contribution is 6.04. The van der Waals surface area contributed by atoms with Gasteiger partial charge in [0.15, 0.2) is 5.65 Å². The van der Waals surface area contributed by atoms with E-state index in [-0.39, 0.29) is 5.91 Å². The third-order valence-corrected chi connectivity index (χ3v) is 6.74. The summed E-state index contributed by atoms with van der Waals surface area (Å²) in [5, 5.41) is 0. The Morgan fingerprint density at radius 1 is 0.968 bits per heavy atom. The number of pyridine rings is 1. The number of aromatic nitrogens is 3. The van der Waals surface area contributed by atoms with Crippen LogP contribution in [0.5, 0.6) is 0 Å². The number of fused-ring (bicyclic) bond motifs is 3. The van der Waals surface area contributed by atoms with Crippen molar-refractivity contribution in [2.75, 3.05) is 26.2 Å². The van der Waals surface area contributed by atoms with Crippen LogP contribution in [-0.2, 0) is 19.5 Å². The van der Waals surface area contributed by atoms with Crippen LogP contribution in [-0.4, -0.2) is 56.4 Å². The minimum Gasteiger partial charge on any atom is -0.336 e. The van der Waals surface area contributed by atoms with E-state index in [1.54, 1.807) is 0 Å². The number of benzene rings is 1. The molecule has 0 spiro atoms. The van der Waals surface area contributed by atoms with Crippen LogP contribution in [0.2, 0.25) is 0 Å². The molecule has 0 saturated carbocycles. The first-order valence-corrected chi connectivity index (χ1v) is 11.5. The van der Waals surface area contributed by atoms with Crippen molar-refractivity contribution in [3.05, 3.63) is 58.5 Å². The highest BCUT2D eigenvalue weighted by Gasteiger charge is 2.26. The number of nitrogens with zero attached hydrogens (tertiary/aromatic N) is 5. The molecule has 1 fully saturated rings. The summed E-state index contributed by atoms with van der Waals surface area (Å²) in [6.07, 6.45) is 4.52. The summed E-state index contributed by atoms with van der Waals surface area (Å²) in [6, 6.07) is 10.5. The standard InChI is InChI=1S/C25H31N5O/c1-18-8-5-6-9-20(18)17-28-12-14-29(15-13-28)25(31)21-16-19(2)26-24-23(21)27-22-10-4-3-7-11-30(22)24/h5-6,8-9,16H,3-4,7,10-15,17H2,1-2H3. The lowest BCUT2D eigenvalue weighted by molar-refractivity contribution is 0.0630. The Kier molecular flexibility index (Phi) is 5.48. The molecule has 31 heavy (non-hydrogen) atoms. The fourth-order valence-electron chi connectivity index (χ4n) is 4.89. The summed E-state index contributed by atoms with van der Waals surface area (Å²) in [5.41, 5.74) is 5.98. The molecule has 1 amide bonds. The Balaban J connectivity index is 1.34. The van der Waals surface area contributed by atoms with Crippen molar-refractivity contribution < 1.29 is 4.79 Å². The van der Waals surface area contributed by atoms with Crippen LogP contribution in [0.4, 0.5) is 0 Å². The summed E-state index contributed by atoms with van der Waals surface area (Å²) in [5.74, 6) is 1.18. The lowest BCUT2D eigenvalue weighted by Crippen LogP contribution is -2.48. The average Bonchev–Trinajstić information content (AvgIpc) is 2.95. The van der Waals surface area contributed by atoms with Gasteiger partial charge in [0, 0.05) is 51.4 Å². The predicted molar refractivity (Wildman–Crippen MR) is 122 cm³/mol. The minimum absolute atomic E-state index is 0.0966. The molecular weight excluding hydrogens is 386 g/mol. The van der Waals surface area contributed by atoms with E-state index >= 15 is 0 Å². The largest absolute Gasteiger partial charge is 0.336 e. The zero-order chi connectivity index (χ0) is 21.4. The van der Waals surface area contributed by atoms with Crippen molar-refractivity contribution in [2.24, 2.45) is 0 Å². The second kappa shape index (κ2) is 8.42. The van der Waals surface area contributed by atoms with Gasteiger partial charge < -0.3 is 9.47 Å². The second-order valence-electron chi connectivity index (χ2n) is 8.97. The van der Waals surface area contributed by atoms with Crippen molar-refractivity contribution in [2.45, 2.75) is 52.6 Å². The van der Waals surface area contributed by atoms with Crippen molar-refractivity contribution in [1.29, 1.82) is 0 Å². The van der Waals surface area contributed by atoms with Crippen LogP contribution in [0.1, 0.15) is 52.3 Å². The predicted octanol–water partition coefficient (Wildman–Crippen LogP) is 3.73. The van der Waals surface area contributed by atoms with Crippen molar-refractivity contribution in [1.82, 2.24) is 24.3 Å². The Morgan fingerprint density at radius 3 is 2.58 bits per heavy atom. The fraction of sp³-hybridized carbons (Fsp3) is 0.480. The molecule has 1 aromatic carbocycles. The van der Waals surface area contributed by atoms with E-state index in [4.69, 9.17) is 9.97 Å². The van der Waals surface area contributed by atoms with Gasteiger partial charge in [-0.2, -0.15) is 0 Å². The molecule has 0 N–H and O–H groups in total.